The van der Waals surface area contributed by atoms with Gasteiger partial charge in [0.2, 0.25) is 0 Å². The largest absolute Gasteiger partial charge is 0.309 e. The zero-order valence-corrected chi connectivity index (χ0v) is 43.1. The van der Waals surface area contributed by atoms with Crippen molar-refractivity contribution in [1.82, 2.24) is 9.13 Å². The van der Waals surface area contributed by atoms with Crippen LogP contribution in [0.4, 0.5) is 0 Å². The predicted molar refractivity (Wildman–Crippen MR) is 329 cm³/mol. The van der Waals surface area contributed by atoms with Gasteiger partial charge in [-0.2, -0.15) is 0 Å². The van der Waals surface area contributed by atoms with Crippen LogP contribution in [0, 0.1) is 0 Å². The summed E-state index contributed by atoms with van der Waals surface area (Å²) in [4.78, 5) is 0. The Bertz CT molecular complexity index is 4590. The Balaban J connectivity index is 1.07. The van der Waals surface area contributed by atoms with E-state index < -0.39 is 8.07 Å². The molecule has 0 atom stereocenters. The van der Waals surface area contributed by atoms with Gasteiger partial charge in [-0.15, -0.1) is 0 Å². The van der Waals surface area contributed by atoms with Crippen LogP contribution < -0.4 is 20.7 Å². The van der Waals surface area contributed by atoms with E-state index in [4.69, 9.17) is 0 Å². The summed E-state index contributed by atoms with van der Waals surface area (Å²) in [7, 11) is -2.98. The first-order valence-electron chi connectivity index (χ1n) is 26.8. The maximum absolute atomic E-state index is 2.98. The van der Waals surface area contributed by atoms with Gasteiger partial charge in [0.25, 0.3) is 0 Å². The van der Waals surface area contributed by atoms with E-state index in [0.29, 0.717) is 0 Å². The van der Waals surface area contributed by atoms with Crippen molar-refractivity contribution in [3.63, 3.8) is 0 Å². The van der Waals surface area contributed by atoms with Gasteiger partial charge in [-0.1, -0.05) is 237 Å². The topological polar surface area (TPSA) is 9.86 Å². The quantitative estimate of drug-likeness (QED) is 0.111. The normalized spacial score (nSPS) is 12.8. The summed E-state index contributed by atoms with van der Waals surface area (Å²) in [5, 5.41) is 15.6. The zero-order chi connectivity index (χ0) is 50.6. The van der Waals surface area contributed by atoms with Crippen molar-refractivity contribution in [2.45, 2.75) is 0 Å². The Hall–Kier alpha value is -9.80. The molecule has 358 valence electrons. The highest BCUT2D eigenvalue weighted by molar-refractivity contribution is 7.22. The smallest absolute Gasteiger partial charge is 0.181 e. The number of benzene rings is 13. The number of para-hydroxylation sites is 4. The number of hydrogen-bond acceptors (Lipinski definition) is 0. The lowest BCUT2D eigenvalue weighted by Gasteiger charge is -2.33. The van der Waals surface area contributed by atoms with Crippen molar-refractivity contribution in [2.24, 2.45) is 0 Å². The zero-order valence-electron chi connectivity index (χ0n) is 42.1. The van der Waals surface area contributed by atoms with Crippen molar-refractivity contribution in [3.8, 4) is 55.9 Å². The van der Waals surface area contributed by atoms with Crippen molar-refractivity contribution < 1.29 is 0 Å². The number of rotatable bonds is 7. The van der Waals surface area contributed by atoms with Gasteiger partial charge >= 0.3 is 0 Å². The third kappa shape index (κ3) is 6.23. The maximum Gasteiger partial charge on any atom is 0.181 e. The van der Waals surface area contributed by atoms with Crippen LogP contribution in [0.3, 0.4) is 0 Å². The molecular weight excluding hydrogens is 945 g/mol. The molecule has 0 fully saturated rings. The average molecular weight is 993 g/mol. The number of aromatic nitrogens is 2. The van der Waals surface area contributed by atoms with Gasteiger partial charge in [-0.05, 0) is 141 Å². The molecule has 1 aliphatic heterocycles. The summed E-state index contributed by atoms with van der Waals surface area (Å²) in [6, 6.07) is 109. The van der Waals surface area contributed by atoms with Crippen LogP contribution >= 0.6 is 0 Å². The lowest BCUT2D eigenvalue weighted by molar-refractivity contribution is 1.18. The first-order valence-corrected chi connectivity index (χ1v) is 28.8. The van der Waals surface area contributed by atoms with Crippen molar-refractivity contribution in [2.75, 3.05) is 0 Å². The van der Waals surface area contributed by atoms with Crippen LogP contribution in [0.2, 0.25) is 0 Å². The highest BCUT2D eigenvalue weighted by atomic mass is 28.3. The van der Waals surface area contributed by atoms with Gasteiger partial charge in [0.1, 0.15) is 0 Å². The molecule has 0 spiro atoms. The van der Waals surface area contributed by atoms with E-state index >= 15 is 0 Å². The summed E-state index contributed by atoms with van der Waals surface area (Å²) < 4.78 is 4.88. The number of hydrogen-bond donors (Lipinski definition) is 0. The van der Waals surface area contributed by atoms with E-state index in [9.17, 15) is 0 Å². The number of nitrogens with zero attached hydrogens (tertiary/aromatic N) is 2. The summed E-state index contributed by atoms with van der Waals surface area (Å²) in [6.07, 6.45) is 0. The molecule has 0 aliphatic carbocycles. The van der Waals surface area contributed by atoms with Crippen LogP contribution in [-0.2, 0) is 0 Å². The molecule has 15 aromatic rings. The van der Waals surface area contributed by atoms with Crippen LogP contribution in [0.5, 0.6) is 0 Å². The standard InChI is InChI=1S/C74H48N2Si/c1-5-24-49(25-6-1)75-66-43-16-13-33-61(66)72-56(39-22-45-68(72)75)53-35-19-37-58-64(53)48-65-54(57-40-23-46-69-73(57)62-34-14-17-44-67(62)76(69)50-26-7-2-8-27-50)36-20-38-59(65)71(58)63-42-21-41-60-55-32-15-18-47-70(55)77(74(60)63,51-28-9-3-10-29-51)52-30-11-4-12-31-52/h1-48H. The van der Waals surface area contributed by atoms with Crippen molar-refractivity contribution in [1.29, 1.82) is 0 Å². The molecule has 0 unspecified atom stereocenters. The monoisotopic (exact) mass is 992 g/mol. The van der Waals surface area contributed by atoms with Gasteiger partial charge in [0.05, 0.1) is 22.1 Å². The van der Waals surface area contributed by atoms with Crippen LogP contribution in [-0.4, -0.2) is 17.2 Å². The minimum Gasteiger partial charge on any atom is -0.309 e. The predicted octanol–water partition coefficient (Wildman–Crippen LogP) is 16.5. The molecule has 77 heavy (non-hydrogen) atoms. The summed E-state index contributed by atoms with van der Waals surface area (Å²) in [5.74, 6) is 0. The van der Waals surface area contributed by atoms with E-state index in [-0.39, 0.29) is 0 Å². The molecule has 0 radical (unpaired) electrons. The van der Waals surface area contributed by atoms with E-state index in [2.05, 4.69) is 300 Å². The fraction of sp³-hybridized carbons (Fsp3) is 0. The van der Waals surface area contributed by atoms with Gasteiger partial charge in [-0.25, -0.2) is 0 Å². The van der Waals surface area contributed by atoms with E-state index in [1.807, 2.05) is 0 Å². The molecular formula is C74H48N2Si. The lowest BCUT2D eigenvalue weighted by atomic mass is 9.84. The molecule has 0 N–H and O–H groups in total. The third-order valence-electron chi connectivity index (χ3n) is 16.8. The Morgan fingerprint density at radius 1 is 0.234 bits per heavy atom. The molecule has 0 saturated heterocycles. The fourth-order valence-corrected chi connectivity index (χ4v) is 19.2. The lowest BCUT2D eigenvalue weighted by Crippen LogP contribution is -2.73. The Morgan fingerprint density at radius 2 is 0.597 bits per heavy atom. The summed E-state index contributed by atoms with van der Waals surface area (Å²) >= 11 is 0. The Morgan fingerprint density at radius 3 is 1.13 bits per heavy atom. The molecule has 0 amide bonds. The Labute approximate surface area is 447 Å². The highest BCUT2D eigenvalue weighted by Crippen LogP contribution is 2.48. The van der Waals surface area contributed by atoms with Gasteiger partial charge in [0.15, 0.2) is 8.07 Å². The second-order valence-corrected chi connectivity index (χ2v) is 24.3. The van der Waals surface area contributed by atoms with E-state index in [1.165, 1.54) is 130 Å². The van der Waals surface area contributed by atoms with Crippen LogP contribution in [0.25, 0.3) is 121 Å². The molecule has 0 bridgehead atoms. The third-order valence-corrected chi connectivity index (χ3v) is 21.7. The number of fused-ring (bicyclic) bond motifs is 11. The van der Waals surface area contributed by atoms with Crippen LogP contribution in [0.15, 0.2) is 291 Å². The first-order chi connectivity index (χ1) is 38.3. The van der Waals surface area contributed by atoms with Gasteiger partial charge < -0.3 is 9.13 Å². The minimum atomic E-state index is -2.98. The fourth-order valence-electron chi connectivity index (χ4n) is 13.8. The second kappa shape index (κ2) is 17.1. The summed E-state index contributed by atoms with van der Waals surface area (Å²) in [5.41, 5.74) is 17.2. The maximum atomic E-state index is 2.54. The molecule has 3 heteroatoms. The van der Waals surface area contributed by atoms with E-state index in [0.717, 1.165) is 11.4 Å². The van der Waals surface area contributed by atoms with Crippen LogP contribution in [0.1, 0.15) is 0 Å². The molecule has 16 rings (SSSR count). The molecule has 1 aliphatic rings. The molecule has 3 heterocycles. The second-order valence-electron chi connectivity index (χ2n) is 20.6. The van der Waals surface area contributed by atoms with Crippen molar-refractivity contribution >= 4 is 94.0 Å². The van der Waals surface area contributed by atoms with Gasteiger partial charge in [-0.3, -0.25) is 0 Å². The summed E-state index contributed by atoms with van der Waals surface area (Å²) in [6.45, 7) is 0. The SMILES string of the molecule is c1ccc(-n2c3ccccc3c3c(-c4cccc5c(-c6cccc7c6[Si](c6ccccc6)(c6ccccc6)c6ccccc6-7)c6cccc(-c7cccc8c7c7ccccc7n8-c7ccccc7)c6cc45)cccc32)cc1. The highest BCUT2D eigenvalue weighted by Gasteiger charge is 2.50. The molecule has 2 nitrogen and oxygen atoms in total. The Kier molecular flexibility index (Phi) is 9.69. The molecule has 0 saturated carbocycles. The average Bonchev–Trinajstić information content (AvgIpc) is 4.27. The minimum absolute atomic E-state index is 1.15. The molecule has 13 aromatic carbocycles. The van der Waals surface area contributed by atoms with E-state index in [1.54, 1.807) is 0 Å². The molecule has 2 aromatic heterocycles. The van der Waals surface area contributed by atoms with Gasteiger partial charge in [0, 0.05) is 32.9 Å². The van der Waals surface area contributed by atoms with Crippen molar-refractivity contribution in [3.05, 3.63) is 291 Å². The first kappa shape index (κ1) is 43.6.